The number of imidazole rings is 1. The Morgan fingerprint density at radius 3 is 2.76 bits per heavy atom. The lowest BCUT2D eigenvalue weighted by Crippen LogP contribution is -2.09. The average Bonchev–Trinajstić information content (AvgIpc) is 2.59. The number of rotatable bonds is 2. The molecule has 2 heterocycles. The lowest BCUT2D eigenvalue weighted by atomic mass is 10.2. The molecule has 0 bridgehead atoms. The zero-order chi connectivity index (χ0) is 12.6. The number of fused-ring (bicyclic) bond motifs is 1. The van der Waals surface area contributed by atoms with Crippen molar-refractivity contribution in [3.8, 4) is 0 Å². The Hall–Kier alpha value is -2.05. The maximum Gasteiger partial charge on any atom is 0.419 e. The molecule has 7 heteroatoms. The van der Waals surface area contributed by atoms with Crippen LogP contribution in [0.5, 0.6) is 0 Å². The molecule has 0 fully saturated rings. The number of hydrogen-bond donors (Lipinski definition) is 1. The number of carboxylic acids is 1. The van der Waals surface area contributed by atoms with Gasteiger partial charge >= 0.3 is 12.1 Å². The Labute approximate surface area is 93.3 Å². The van der Waals surface area contributed by atoms with Gasteiger partial charge in [0.2, 0.25) is 0 Å². The van der Waals surface area contributed by atoms with E-state index in [0.29, 0.717) is 0 Å². The van der Waals surface area contributed by atoms with E-state index < -0.39 is 17.7 Å². The molecule has 17 heavy (non-hydrogen) atoms. The van der Waals surface area contributed by atoms with Crippen molar-refractivity contribution in [2.24, 2.45) is 0 Å². The van der Waals surface area contributed by atoms with Crippen LogP contribution in [-0.4, -0.2) is 20.5 Å². The molecule has 0 aliphatic heterocycles. The Morgan fingerprint density at radius 2 is 2.18 bits per heavy atom. The number of halogens is 3. The van der Waals surface area contributed by atoms with E-state index >= 15 is 0 Å². The molecule has 90 valence electrons. The number of aliphatic carboxylic acids is 1. The van der Waals surface area contributed by atoms with E-state index in [-0.39, 0.29) is 17.8 Å². The minimum atomic E-state index is -4.51. The Bertz CT molecular complexity index is 574. The molecular weight excluding hydrogens is 237 g/mol. The van der Waals surface area contributed by atoms with E-state index in [4.69, 9.17) is 5.11 Å². The largest absolute Gasteiger partial charge is 0.481 e. The van der Waals surface area contributed by atoms with Crippen molar-refractivity contribution in [1.82, 2.24) is 9.38 Å². The Balaban J connectivity index is 2.61. The van der Waals surface area contributed by atoms with Gasteiger partial charge in [-0.15, -0.1) is 0 Å². The fraction of sp³-hybridized carbons (Fsp3) is 0.200. The van der Waals surface area contributed by atoms with Crippen LogP contribution in [0.15, 0.2) is 24.5 Å². The first-order chi connectivity index (χ1) is 7.89. The van der Waals surface area contributed by atoms with Crippen molar-refractivity contribution in [3.05, 3.63) is 35.8 Å². The van der Waals surface area contributed by atoms with Gasteiger partial charge in [-0.05, 0) is 12.1 Å². The van der Waals surface area contributed by atoms with E-state index in [1.165, 1.54) is 12.3 Å². The summed E-state index contributed by atoms with van der Waals surface area (Å²) < 4.78 is 39.0. The van der Waals surface area contributed by atoms with Crippen molar-refractivity contribution < 1.29 is 23.1 Å². The van der Waals surface area contributed by atoms with Crippen LogP contribution in [0.1, 0.15) is 11.3 Å². The molecule has 0 aromatic carbocycles. The van der Waals surface area contributed by atoms with Crippen LogP contribution < -0.4 is 0 Å². The first-order valence-corrected chi connectivity index (χ1v) is 4.63. The van der Waals surface area contributed by atoms with E-state index in [9.17, 15) is 18.0 Å². The summed E-state index contributed by atoms with van der Waals surface area (Å²) in [6.45, 7) is 0. The third-order valence-electron chi connectivity index (χ3n) is 2.25. The van der Waals surface area contributed by atoms with Gasteiger partial charge in [0, 0.05) is 12.4 Å². The monoisotopic (exact) mass is 244 g/mol. The lowest BCUT2D eigenvalue weighted by Gasteiger charge is -2.08. The fourth-order valence-electron chi connectivity index (χ4n) is 1.57. The van der Waals surface area contributed by atoms with Crippen LogP contribution in [0.25, 0.3) is 5.65 Å². The van der Waals surface area contributed by atoms with Gasteiger partial charge in [-0.3, -0.25) is 4.79 Å². The number of pyridine rings is 1. The molecule has 0 saturated carbocycles. The summed E-state index contributed by atoms with van der Waals surface area (Å²) >= 11 is 0. The summed E-state index contributed by atoms with van der Waals surface area (Å²) in [6.07, 6.45) is -2.38. The molecule has 2 rings (SSSR count). The SMILES string of the molecule is O=C(O)Cc1cnc2c(C(F)(F)F)cccn12. The minimum Gasteiger partial charge on any atom is -0.481 e. The second kappa shape index (κ2) is 3.76. The molecule has 0 unspecified atom stereocenters. The molecule has 1 N–H and O–H groups in total. The van der Waals surface area contributed by atoms with E-state index in [1.54, 1.807) is 0 Å². The third kappa shape index (κ3) is 2.08. The number of aromatic nitrogens is 2. The molecule has 2 aromatic rings. The Morgan fingerprint density at radius 1 is 1.47 bits per heavy atom. The zero-order valence-electron chi connectivity index (χ0n) is 8.40. The lowest BCUT2D eigenvalue weighted by molar-refractivity contribution is -0.137. The van der Waals surface area contributed by atoms with E-state index in [2.05, 4.69) is 4.98 Å². The first kappa shape index (κ1) is 11.4. The fourth-order valence-corrected chi connectivity index (χ4v) is 1.57. The normalized spacial score (nSPS) is 11.9. The smallest absolute Gasteiger partial charge is 0.419 e. The van der Waals surface area contributed by atoms with Gasteiger partial charge in [-0.1, -0.05) is 0 Å². The summed E-state index contributed by atoms with van der Waals surface area (Å²) in [4.78, 5) is 14.1. The number of carbonyl (C=O) groups is 1. The Kier molecular flexibility index (Phi) is 2.53. The quantitative estimate of drug-likeness (QED) is 0.878. The zero-order valence-corrected chi connectivity index (χ0v) is 8.40. The summed E-state index contributed by atoms with van der Waals surface area (Å²) in [7, 11) is 0. The molecule has 2 aromatic heterocycles. The van der Waals surface area contributed by atoms with Crippen molar-refractivity contribution in [1.29, 1.82) is 0 Å². The highest BCUT2D eigenvalue weighted by atomic mass is 19.4. The molecule has 0 spiro atoms. The van der Waals surface area contributed by atoms with Crippen LogP contribution in [0.3, 0.4) is 0 Å². The summed E-state index contributed by atoms with van der Waals surface area (Å²) in [6, 6.07) is 2.12. The predicted molar refractivity (Wildman–Crippen MR) is 51.5 cm³/mol. The van der Waals surface area contributed by atoms with Gasteiger partial charge in [-0.2, -0.15) is 13.2 Å². The van der Waals surface area contributed by atoms with Gasteiger partial charge in [0.05, 0.1) is 17.7 Å². The van der Waals surface area contributed by atoms with Crippen LogP contribution in [0, 0.1) is 0 Å². The molecule has 0 aliphatic rings. The van der Waals surface area contributed by atoms with Gasteiger partial charge in [0.1, 0.15) is 5.65 Å². The number of nitrogens with zero attached hydrogens (tertiary/aromatic N) is 2. The number of hydrogen-bond acceptors (Lipinski definition) is 2. The first-order valence-electron chi connectivity index (χ1n) is 4.63. The van der Waals surface area contributed by atoms with Crippen LogP contribution >= 0.6 is 0 Å². The molecule has 0 amide bonds. The molecule has 4 nitrogen and oxygen atoms in total. The van der Waals surface area contributed by atoms with Crippen LogP contribution in [0.2, 0.25) is 0 Å². The van der Waals surface area contributed by atoms with Crippen molar-refractivity contribution in [2.45, 2.75) is 12.6 Å². The topological polar surface area (TPSA) is 54.6 Å². The summed E-state index contributed by atoms with van der Waals surface area (Å²) in [5.41, 5.74) is -0.952. The standard InChI is InChI=1S/C10H7F3N2O2/c11-10(12,13)7-2-1-3-15-6(4-8(16)17)5-14-9(7)15/h1-3,5H,4H2,(H,16,17). The highest BCUT2D eigenvalue weighted by molar-refractivity contribution is 5.70. The van der Waals surface area contributed by atoms with Gasteiger partial charge in [0.25, 0.3) is 0 Å². The molecule has 0 aliphatic carbocycles. The van der Waals surface area contributed by atoms with E-state index in [0.717, 1.165) is 16.7 Å². The van der Waals surface area contributed by atoms with Crippen molar-refractivity contribution >= 4 is 11.6 Å². The van der Waals surface area contributed by atoms with Crippen molar-refractivity contribution in [3.63, 3.8) is 0 Å². The maximum absolute atomic E-state index is 12.6. The van der Waals surface area contributed by atoms with Crippen LogP contribution in [-0.2, 0) is 17.4 Å². The molecule has 0 atom stereocenters. The number of carboxylic acid groups (broad SMARTS) is 1. The molecule has 0 saturated heterocycles. The number of alkyl halides is 3. The van der Waals surface area contributed by atoms with Gasteiger partial charge in [-0.25, -0.2) is 4.98 Å². The highest BCUT2D eigenvalue weighted by Gasteiger charge is 2.33. The molecule has 0 radical (unpaired) electrons. The highest BCUT2D eigenvalue weighted by Crippen LogP contribution is 2.32. The third-order valence-corrected chi connectivity index (χ3v) is 2.25. The summed E-state index contributed by atoms with van der Waals surface area (Å²) in [5, 5.41) is 8.61. The van der Waals surface area contributed by atoms with Gasteiger partial charge in [0.15, 0.2) is 0 Å². The van der Waals surface area contributed by atoms with Crippen LogP contribution in [0.4, 0.5) is 13.2 Å². The minimum absolute atomic E-state index is 0.207. The second-order valence-corrected chi connectivity index (χ2v) is 3.43. The van der Waals surface area contributed by atoms with Gasteiger partial charge < -0.3 is 9.51 Å². The van der Waals surface area contributed by atoms with Crippen molar-refractivity contribution in [2.75, 3.05) is 0 Å². The maximum atomic E-state index is 12.6. The summed E-state index contributed by atoms with van der Waals surface area (Å²) in [5.74, 6) is -1.12. The van der Waals surface area contributed by atoms with E-state index in [1.807, 2.05) is 0 Å². The molecular formula is C10H7F3N2O2. The second-order valence-electron chi connectivity index (χ2n) is 3.43. The average molecular weight is 244 g/mol. The predicted octanol–water partition coefficient (Wildman–Crippen LogP) is 1.98.